The van der Waals surface area contributed by atoms with Gasteiger partial charge in [-0.15, -0.1) is 0 Å². The third-order valence-electron chi connectivity index (χ3n) is 2.33. The fraction of sp³-hybridized carbons (Fsp3) is 0.444. The second-order valence-corrected chi connectivity index (χ2v) is 3.41. The molecule has 1 saturated carbocycles. The van der Waals surface area contributed by atoms with Gasteiger partial charge in [0.05, 0.1) is 19.1 Å². The smallest absolute Gasteiger partial charge is 0.189 e. The number of carbonyl (C=O) groups excluding carboxylic acids is 1. The number of ketones is 1. The van der Waals surface area contributed by atoms with Crippen LogP contribution in [0.4, 0.5) is 4.39 Å². The maximum atomic E-state index is 13.3. The largest absolute Gasteiger partial charge is 0.315 e. The predicted octanol–water partition coefficient (Wildman–Crippen LogP) is 0.826. The Hall–Kier alpha value is -1.70. The van der Waals surface area contributed by atoms with Crippen molar-refractivity contribution in [1.29, 1.82) is 5.26 Å². The summed E-state index contributed by atoms with van der Waals surface area (Å²) in [7, 11) is 0. The van der Waals surface area contributed by atoms with E-state index in [9.17, 15) is 9.18 Å². The van der Waals surface area contributed by atoms with Crippen molar-refractivity contribution >= 4 is 5.78 Å². The maximum Gasteiger partial charge on any atom is 0.189 e. The van der Waals surface area contributed by atoms with Crippen LogP contribution in [0.25, 0.3) is 0 Å². The maximum absolute atomic E-state index is 13.3. The lowest BCUT2D eigenvalue weighted by atomic mass is 10.2. The number of alkyl halides is 1. The van der Waals surface area contributed by atoms with Crippen LogP contribution in [0.3, 0.4) is 0 Å². The molecule has 72 valence electrons. The van der Waals surface area contributed by atoms with Crippen LogP contribution in [0.15, 0.2) is 12.5 Å². The molecule has 0 aromatic carbocycles. The summed E-state index contributed by atoms with van der Waals surface area (Å²) >= 11 is 0. The molecule has 2 rings (SSSR count). The number of aromatic nitrogens is 2. The standard InChI is InChI=1S/C9H8FN3O/c10-9(1-2-9)8(14)5-13-6-12-4-7(13)3-11/h4,6H,1-2,5H2. The molecule has 0 bridgehead atoms. The summed E-state index contributed by atoms with van der Waals surface area (Å²) in [5, 5.41) is 8.62. The number of nitriles is 1. The van der Waals surface area contributed by atoms with Crippen LogP contribution in [0.2, 0.25) is 0 Å². The van der Waals surface area contributed by atoms with Gasteiger partial charge in [-0.25, -0.2) is 9.37 Å². The minimum Gasteiger partial charge on any atom is -0.315 e. The predicted molar refractivity (Wildman–Crippen MR) is 45.0 cm³/mol. The summed E-state index contributed by atoms with van der Waals surface area (Å²) in [5.74, 6) is -0.466. The first kappa shape index (κ1) is 8.88. The second-order valence-electron chi connectivity index (χ2n) is 3.41. The Morgan fingerprint density at radius 2 is 2.50 bits per heavy atom. The molecule has 1 aromatic heterocycles. The summed E-state index contributed by atoms with van der Waals surface area (Å²) in [6.45, 7) is -0.0978. The van der Waals surface area contributed by atoms with E-state index < -0.39 is 11.5 Å². The Labute approximate surface area is 80.0 Å². The zero-order chi connectivity index (χ0) is 10.2. The first-order valence-corrected chi connectivity index (χ1v) is 4.28. The average molecular weight is 193 g/mol. The van der Waals surface area contributed by atoms with E-state index in [0.717, 1.165) is 0 Å². The highest BCUT2D eigenvalue weighted by Crippen LogP contribution is 2.40. The summed E-state index contributed by atoms with van der Waals surface area (Å²) in [6, 6.07) is 1.88. The van der Waals surface area contributed by atoms with Gasteiger partial charge >= 0.3 is 0 Å². The molecule has 0 aliphatic heterocycles. The van der Waals surface area contributed by atoms with Gasteiger partial charge in [-0.2, -0.15) is 5.26 Å². The van der Waals surface area contributed by atoms with E-state index in [1.165, 1.54) is 17.1 Å². The third-order valence-corrected chi connectivity index (χ3v) is 2.33. The van der Waals surface area contributed by atoms with Crippen LogP contribution in [0.1, 0.15) is 18.5 Å². The minimum absolute atomic E-state index is 0.0978. The topological polar surface area (TPSA) is 58.7 Å². The Balaban J connectivity index is 2.12. The number of carbonyl (C=O) groups is 1. The van der Waals surface area contributed by atoms with Gasteiger partial charge in [0.15, 0.2) is 11.5 Å². The second kappa shape index (κ2) is 2.91. The van der Waals surface area contributed by atoms with Crippen molar-refractivity contribution < 1.29 is 9.18 Å². The Morgan fingerprint density at radius 1 is 1.79 bits per heavy atom. The summed E-state index contributed by atoms with van der Waals surface area (Å²) in [5.41, 5.74) is -1.35. The summed E-state index contributed by atoms with van der Waals surface area (Å²) < 4.78 is 14.6. The fourth-order valence-corrected chi connectivity index (χ4v) is 1.22. The number of rotatable bonds is 3. The van der Waals surface area contributed by atoms with Crippen molar-refractivity contribution in [1.82, 2.24) is 9.55 Å². The Kier molecular flexibility index (Phi) is 1.84. The van der Waals surface area contributed by atoms with E-state index in [4.69, 9.17) is 5.26 Å². The molecule has 1 heterocycles. The fourth-order valence-electron chi connectivity index (χ4n) is 1.22. The molecule has 0 saturated heterocycles. The zero-order valence-corrected chi connectivity index (χ0v) is 7.40. The highest BCUT2D eigenvalue weighted by atomic mass is 19.1. The SMILES string of the molecule is N#Cc1cncn1CC(=O)C1(F)CC1. The molecule has 1 aliphatic rings. The molecule has 1 aliphatic carbocycles. The van der Waals surface area contributed by atoms with E-state index in [0.29, 0.717) is 12.8 Å². The molecule has 0 radical (unpaired) electrons. The van der Waals surface area contributed by atoms with E-state index in [1.54, 1.807) is 0 Å². The molecule has 0 spiro atoms. The molecule has 5 heteroatoms. The average Bonchev–Trinajstić information content (AvgIpc) is 2.78. The molecule has 0 N–H and O–H groups in total. The van der Waals surface area contributed by atoms with Gasteiger partial charge in [-0.05, 0) is 12.8 Å². The van der Waals surface area contributed by atoms with Crippen molar-refractivity contribution in [2.24, 2.45) is 0 Å². The number of hydrogen-bond donors (Lipinski definition) is 0. The molecule has 0 atom stereocenters. The Morgan fingerprint density at radius 3 is 3.07 bits per heavy atom. The van der Waals surface area contributed by atoms with E-state index >= 15 is 0 Å². The number of imidazole rings is 1. The van der Waals surface area contributed by atoms with Crippen LogP contribution in [-0.4, -0.2) is 21.0 Å². The quantitative estimate of drug-likeness (QED) is 0.714. The molecule has 4 nitrogen and oxygen atoms in total. The molecule has 0 amide bonds. The van der Waals surface area contributed by atoms with Gasteiger partial charge < -0.3 is 4.57 Å². The van der Waals surface area contributed by atoms with Crippen molar-refractivity contribution in [3.8, 4) is 6.07 Å². The lowest BCUT2D eigenvalue weighted by Gasteiger charge is -2.05. The molecule has 1 fully saturated rings. The van der Waals surface area contributed by atoms with E-state index in [2.05, 4.69) is 4.98 Å². The lowest BCUT2D eigenvalue weighted by molar-refractivity contribution is -0.125. The molecule has 0 unspecified atom stereocenters. The number of hydrogen-bond acceptors (Lipinski definition) is 3. The van der Waals surface area contributed by atoms with Crippen LogP contribution in [-0.2, 0) is 11.3 Å². The number of halogens is 1. The van der Waals surface area contributed by atoms with Gasteiger partial charge in [-0.3, -0.25) is 4.79 Å². The van der Waals surface area contributed by atoms with E-state index in [1.807, 2.05) is 6.07 Å². The summed E-state index contributed by atoms with van der Waals surface area (Å²) in [4.78, 5) is 15.0. The summed E-state index contributed by atoms with van der Waals surface area (Å²) in [6.07, 6.45) is 3.33. The minimum atomic E-state index is -1.63. The molecule has 14 heavy (non-hydrogen) atoms. The van der Waals surface area contributed by atoms with Gasteiger partial charge in [0.25, 0.3) is 0 Å². The molecular formula is C9H8FN3O. The normalized spacial score (nSPS) is 17.4. The molecular weight excluding hydrogens is 185 g/mol. The van der Waals surface area contributed by atoms with Gasteiger partial charge in [-0.1, -0.05) is 0 Å². The van der Waals surface area contributed by atoms with Crippen molar-refractivity contribution in [3.05, 3.63) is 18.2 Å². The monoisotopic (exact) mass is 193 g/mol. The highest BCUT2D eigenvalue weighted by Gasteiger charge is 2.50. The number of nitrogens with zero attached hydrogens (tertiary/aromatic N) is 3. The van der Waals surface area contributed by atoms with Crippen LogP contribution in [0.5, 0.6) is 0 Å². The first-order chi connectivity index (χ1) is 6.65. The van der Waals surface area contributed by atoms with Gasteiger partial charge in [0, 0.05) is 0 Å². The number of Topliss-reactive ketones (excluding diaryl/α,β-unsaturated/α-hetero) is 1. The van der Waals surface area contributed by atoms with Crippen molar-refractivity contribution in [3.63, 3.8) is 0 Å². The zero-order valence-electron chi connectivity index (χ0n) is 7.40. The van der Waals surface area contributed by atoms with Crippen molar-refractivity contribution in [2.45, 2.75) is 25.1 Å². The highest BCUT2D eigenvalue weighted by molar-refractivity contribution is 5.89. The van der Waals surface area contributed by atoms with Crippen LogP contribution < -0.4 is 0 Å². The van der Waals surface area contributed by atoms with Crippen molar-refractivity contribution in [2.75, 3.05) is 0 Å². The Bertz CT molecular complexity index is 414. The molecule has 1 aromatic rings. The van der Waals surface area contributed by atoms with Crippen LogP contribution >= 0.6 is 0 Å². The van der Waals surface area contributed by atoms with Gasteiger partial charge in [0.1, 0.15) is 11.8 Å². The lowest BCUT2D eigenvalue weighted by Crippen LogP contribution is -2.22. The van der Waals surface area contributed by atoms with E-state index in [-0.39, 0.29) is 12.2 Å². The van der Waals surface area contributed by atoms with Gasteiger partial charge in [0.2, 0.25) is 0 Å². The third kappa shape index (κ3) is 1.39. The first-order valence-electron chi connectivity index (χ1n) is 4.28. The van der Waals surface area contributed by atoms with Crippen LogP contribution in [0, 0.1) is 11.3 Å².